The van der Waals surface area contributed by atoms with Gasteiger partial charge in [-0.2, -0.15) is 5.16 Å². The molecule has 0 rings (SSSR count). The Bertz CT molecular complexity index is 52.0. The number of nitrogens with zero attached hydrogens (tertiary/aromatic N) is 1. The molecule has 0 aromatic carbocycles. The van der Waals surface area contributed by atoms with E-state index in [0.29, 0.717) is 6.04 Å². The van der Waals surface area contributed by atoms with Gasteiger partial charge in [-0.25, -0.2) is 0 Å². The lowest BCUT2D eigenvalue weighted by Crippen LogP contribution is -2.57. The molecule has 0 bridgehead atoms. The van der Waals surface area contributed by atoms with Crippen LogP contribution >= 0.6 is 12.2 Å². The second kappa shape index (κ2) is 9.23. The zero-order valence-electron chi connectivity index (χ0n) is 4.64. The van der Waals surface area contributed by atoms with Gasteiger partial charge in [0.15, 0.2) is 0 Å². The summed E-state index contributed by atoms with van der Waals surface area (Å²) < 4.78 is 0. The summed E-state index contributed by atoms with van der Waals surface area (Å²) in [6.45, 7) is 4.11. The van der Waals surface area contributed by atoms with Crippen LogP contribution in [-0.2, 0) is 0 Å². The first-order valence-corrected chi connectivity index (χ1v) is 2.40. The van der Waals surface area contributed by atoms with Crippen LogP contribution in [0.4, 0.5) is 0 Å². The smallest absolute Gasteiger partial charge is 0.0786 e. The monoisotopic (exact) mass is 118 g/mol. The van der Waals surface area contributed by atoms with Gasteiger partial charge in [-0.1, -0.05) is 12.2 Å². The van der Waals surface area contributed by atoms with Crippen molar-refractivity contribution in [3.8, 4) is 0 Å². The van der Waals surface area contributed by atoms with E-state index >= 15 is 0 Å². The van der Waals surface area contributed by atoms with E-state index in [-0.39, 0.29) is 0 Å². The molecular weight excluding hydrogens is 108 g/mol. The summed E-state index contributed by atoms with van der Waals surface area (Å²) in [5, 5.41) is 8.47. The van der Waals surface area contributed by atoms with Crippen LogP contribution in [0.5, 0.6) is 0 Å². The molecule has 0 aliphatic heterocycles. The van der Waals surface area contributed by atoms with E-state index in [1.165, 1.54) is 5.16 Å². The van der Waals surface area contributed by atoms with Gasteiger partial charge in [0, 0.05) is 0 Å². The van der Waals surface area contributed by atoms with Crippen LogP contribution in [-0.4, -0.2) is 11.2 Å². The van der Waals surface area contributed by atoms with Gasteiger partial charge in [0.2, 0.25) is 0 Å². The molecular formula is C4H10N2S. The van der Waals surface area contributed by atoms with Gasteiger partial charge in [0.1, 0.15) is 0 Å². The highest BCUT2D eigenvalue weighted by atomic mass is 32.1. The molecule has 3 N–H and O–H groups in total. The second-order valence-corrected chi connectivity index (χ2v) is 1.67. The first-order valence-electron chi connectivity index (χ1n) is 1.99. The number of hydrogen-bond acceptors (Lipinski definition) is 1. The summed E-state index contributed by atoms with van der Waals surface area (Å²) in [4.78, 5) is 0. The van der Waals surface area contributed by atoms with Crippen molar-refractivity contribution >= 4 is 17.4 Å². The summed E-state index contributed by atoms with van der Waals surface area (Å²) in [6, 6.07) is 0.583. The van der Waals surface area contributed by atoms with Gasteiger partial charge in [0.05, 0.1) is 6.04 Å². The highest BCUT2D eigenvalue weighted by Crippen LogP contribution is 1.53. The fraction of sp³-hybridized carbons (Fsp3) is 0.750. The van der Waals surface area contributed by atoms with Crippen molar-refractivity contribution < 1.29 is 5.73 Å². The van der Waals surface area contributed by atoms with E-state index in [1.807, 2.05) is 0 Å². The minimum Gasteiger partial charge on any atom is -0.753 e. The minimum absolute atomic E-state index is 0.583. The van der Waals surface area contributed by atoms with Crippen molar-refractivity contribution in [3.63, 3.8) is 0 Å². The Hall–Kier alpha value is -0.240. The van der Waals surface area contributed by atoms with E-state index in [0.717, 1.165) is 0 Å². The number of quaternary nitrogens is 1. The molecule has 7 heavy (non-hydrogen) atoms. The van der Waals surface area contributed by atoms with Crippen LogP contribution in [0, 0.1) is 0 Å². The molecule has 42 valence electrons. The summed E-state index contributed by atoms with van der Waals surface area (Å²) in [6.07, 6.45) is 0. The first kappa shape index (κ1) is 9.90. The van der Waals surface area contributed by atoms with E-state index in [1.54, 1.807) is 0 Å². The summed E-state index contributed by atoms with van der Waals surface area (Å²) >= 11 is 3.70. The molecule has 0 spiro atoms. The Kier molecular flexibility index (Phi) is 13.1. The molecule has 0 aromatic rings. The third kappa shape index (κ3) is 1410. The lowest BCUT2D eigenvalue weighted by molar-refractivity contribution is -0.407. The quantitative estimate of drug-likeness (QED) is 0.361. The highest BCUT2D eigenvalue weighted by Gasteiger charge is 1.72. The van der Waals surface area contributed by atoms with Crippen molar-refractivity contribution in [1.29, 1.82) is 0 Å². The van der Waals surface area contributed by atoms with Gasteiger partial charge in [-0.3, -0.25) is 0 Å². The molecule has 0 heterocycles. The van der Waals surface area contributed by atoms with Crippen LogP contribution in [0.25, 0.3) is 5.41 Å². The van der Waals surface area contributed by atoms with Crippen LogP contribution in [0.2, 0.25) is 0 Å². The fourth-order valence-electron chi connectivity index (χ4n) is 0. The highest BCUT2D eigenvalue weighted by molar-refractivity contribution is 7.78. The van der Waals surface area contributed by atoms with Crippen LogP contribution in [0.3, 0.4) is 0 Å². The molecule has 0 aliphatic rings. The van der Waals surface area contributed by atoms with E-state index in [9.17, 15) is 0 Å². The molecule has 0 saturated heterocycles. The largest absolute Gasteiger partial charge is 0.753 e. The van der Waals surface area contributed by atoms with E-state index in [4.69, 9.17) is 5.41 Å². The molecule has 2 nitrogen and oxygen atoms in total. The number of hydrogen-bond donors (Lipinski definition) is 1. The summed E-state index contributed by atoms with van der Waals surface area (Å²) in [5.41, 5.74) is 3.64. The molecule has 0 atom stereocenters. The zero-order valence-corrected chi connectivity index (χ0v) is 5.46. The van der Waals surface area contributed by atoms with Crippen molar-refractivity contribution in [2.75, 3.05) is 0 Å². The van der Waals surface area contributed by atoms with Gasteiger partial charge in [-0.05, 0) is 13.8 Å². The molecule has 0 aliphatic carbocycles. The molecule has 0 saturated carbocycles. The molecule has 0 amide bonds. The molecule has 3 heteroatoms. The van der Waals surface area contributed by atoms with Crippen molar-refractivity contribution in [3.05, 3.63) is 5.41 Å². The van der Waals surface area contributed by atoms with Crippen LogP contribution in [0.1, 0.15) is 13.8 Å². The lowest BCUT2D eigenvalue weighted by Gasteiger charge is -1.77. The Morgan fingerprint density at radius 1 is 1.71 bits per heavy atom. The SMILES string of the molecule is CC(C)[NH3+].[N-]=C=S. The van der Waals surface area contributed by atoms with Crippen molar-refractivity contribution in [1.82, 2.24) is 0 Å². The fourth-order valence-corrected chi connectivity index (χ4v) is 0. The maximum absolute atomic E-state index is 7.13. The van der Waals surface area contributed by atoms with Crippen LogP contribution < -0.4 is 5.73 Å². The Balaban J connectivity index is 0. The molecule has 0 aromatic heterocycles. The van der Waals surface area contributed by atoms with E-state index < -0.39 is 0 Å². The van der Waals surface area contributed by atoms with Crippen molar-refractivity contribution in [2.45, 2.75) is 19.9 Å². The Labute approximate surface area is 49.2 Å². The molecule has 0 radical (unpaired) electrons. The summed E-state index contributed by atoms with van der Waals surface area (Å²) in [5.74, 6) is 0. The topological polar surface area (TPSA) is 49.9 Å². The molecule has 0 unspecified atom stereocenters. The van der Waals surface area contributed by atoms with Gasteiger partial charge in [-0.15, -0.1) is 0 Å². The second-order valence-electron chi connectivity index (χ2n) is 1.49. The average Bonchev–Trinajstić information content (AvgIpc) is 1.33. The predicted molar refractivity (Wildman–Crippen MR) is 34.0 cm³/mol. The maximum Gasteiger partial charge on any atom is 0.0786 e. The predicted octanol–water partition coefficient (Wildman–Crippen LogP) is 0.295. The normalized spacial score (nSPS) is 6.29. The number of rotatable bonds is 0. The Morgan fingerprint density at radius 2 is 1.71 bits per heavy atom. The van der Waals surface area contributed by atoms with Gasteiger partial charge < -0.3 is 11.1 Å². The molecule has 0 fully saturated rings. The number of thiocarbonyl (C=S) groups is 1. The van der Waals surface area contributed by atoms with E-state index in [2.05, 4.69) is 31.8 Å². The van der Waals surface area contributed by atoms with Gasteiger partial charge in [0.25, 0.3) is 0 Å². The van der Waals surface area contributed by atoms with Crippen molar-refractivity contribution in [2.24, 2.45) is 0 Å². The third-order valence-corrected chi connectivity index (χ3v) is 0. The zero-order chi connectivity index (χ0) is 6.28. The Morgan fingerprint density at radius 3 is 1.71 bits per heavy atom. The number of isothiocyanates is 1. The minimum atomic E-state index is 0.583. The first-order chi connectivity index (χ1) is 3.15. The lowest BCUT2D eigenvalue weighted by atomic mass is 10.5. The van der Waals surface area contributed by atoms with Gasteiger partial charge >= 0.3 is 0 Å². The van der Waals surface area contributed by atoms with Crippen LogP contribution in [0.15, 0.2) is 0 Å². The standard InChI is InChI=1S/C3H9N.CNS/c1-3(2)4;2-1-3/h3H,4H2,1-2H3;/q;-1/p+1. The third-order valence-electron chi connectivity index (χ3n) is 0. The summed E-state index contributed by atoms with van der Waals surface area (Å²) in [7, 11) is 0. The maximum atomic E-state index is 7.13. The average molecular weight is 118 g/mol.